The lowest BCUT2D eigenvalue weighted by atomic mass is 10.1. The molecule has 0 aromatic carbocycles. The van der Waals surface area contributed by atoms with Gasteiger partial charge in [-0.2, -0.15) is 4.98 Å². The highest BCUT2D eigenvalue weighted by molar-refractivity contribution is 9.10. The van der Waals surface area contributed by atoms with Crippen molar-refractivity contribution in [3.8, 4) is 5.88 Å². The van der Waals surface area contributed by atoms with Crippen molar-refractivity contribution in [1.82, 2.24) is 9.97 Å². The van der Waals surface area contributed by atoms with Crippen molar-refractivity contribution in [2.75, 3.05) is 31.6 Å². The summed E-state index contributed by atoms with van der Waals surface area (Å²) in [4.78, 5) is 10.9. The van der Waals surface area contributed by atoms with Crippen LogP contribution in [0.3, 0.4) is 0 Å². The first kappa shape index (κ1) is 12.6. The first-order valence-electron chi connectivity index (χ1n) is 5.76. The van der Waals surface area contributed by atoms with Gasteiger partial charge in [-0.3, -0.25) is 0 Å². The van der Waals surface area contributed by atoms with Crippen molar-refractivity contribution in [2.45, 2.75) is 12.8 Å². The maximum atomic E-state index is 5.58. The minimum atomic E-state index is 0.581. The van der Waals surface area contributed by atoms with E-state index in [9.17, 15) is 0 Å². The highest BCUT2D eigenvalue weighted by Gasteiger charge is 2.24. The molecule has 1 atom stereocenters. The van der Waals surface area contributed by atoms with Gasteiger partial charge in [0.2, 0.25) is 11.8 Å². The molecule has 1 aliphatic rings. The Hall–Kier alpha value is -0.880. The quantitative estimate of drug-likeness (QED) is 0.911. The van der Waals surface area contributed by atoms with Gasteiger partial charge in [0.05, 0.1) is 17.8 Å². The largest absolute Gasteiger partial charge is 0.480 e. The van der Waals surface area contributed by atoms with E-state index in [0.29, 0.717) is 11.8 Å². The highest BCUT2D eigenvalue weighted by Crippen LogP contribution is 2.27. The van der Waals surface area contributed by atoms with E-state index in [4.69, 9.17) is 10.5 Å². The molecule has 1 aromatic heterocycles. The molecule has 0 bridgehead atoms. The lowest BCUT2D eigenvalue weighted by Gasteiger charge is -2.16. The third-order valence-electron chi connectivity index (χ3n) is 3.04. The van der Waals surface area contributed by atoms with E-state index in [0.717, 1.165) is 36.5 Å². The van der Waals surface area contributed by atoms with Crippen LogP contribution >= 0.6 is 15.9 Å². The summed E-state index contributed by atoms with van der Waals surface area (Å²) in [5.74, 6) is 1.99. The van der Waals surface area contributed by atoms with Gasteiger partial charge in [0.1, 0.15) is 0 Å². The topological polar surface area (TPSA) is 64.3 Å². The molecule has 0 radical (unpaired) electrons. The Labute approximate surface area is 110 Å². The molecule has 2 rings (SSSR count). The normalized spacial score (nSPS) is 19.7. The number of halogens is 1. The Morgan fingerprint density at radius 1 is 1.65 bits per heavy atom. The van der Waals surface area contributed by atoms with Crippen LogP contribution in [-0.4, -0.2) is 36.7 Å². The maximum absolute atomic E-state index is 5.58. The zero-order valence-electron chi connectivity index (χ0n) is 9.90. The number of hydrogen-bond acceptors (Lipinski definition) is 5. The van der Waals surface area contributed by atoms with Gasteiger partial charge in [0.25, 0.3) is 0 Å². The molecular weight excluding hydrogens is 284 g/mol. The third kappa shape index (κ3) is 2.87. The predicted octanol–water partition coefficient (Wildman–Crippen LogP) is 1.42. The molecule has 1 aliphatic heterocycles. The molecular formula is C11H17BrN4O. The van der Waals surface area contributed by atoms with Crippen LogP contribution in [0.2, 0.25) is 0 Å². The molecule has 1 saturated heterocycles. The van der Waals surface area contributed by atoms with E-state index in [1.165, 1.54) is 6.42 Å². The van der Waals surface area contributed by atoms with Crippen LogP contribution < -0.4 is 15.4 Å². The van der Waals surface area contributed by atoms with Gasteiger partial charge in [-0.25, -0.2) is 4.98 Å². The lowest BCUT2D eigenvalue weighted by molar-refractivity contribution is 0.394. The van der Waals surface area contributed by atoms with Crippen LogP contribution in [0.5, 0.6) is 5.88 Å². The molecule has 2 heterocycles. The van der Waals surface area contributed by atoms with E-state index in [1.54, 1.807) is 13.3 Å². The summed E-state index contributed by atoms with van der Waals surface area (Å²) in [6.45, 7) is 2.74. The van der Waals surface area contributed by atoms with Crippen molar-refractivity contribution < 1.29 is 4.74 Å². The summed E-state index contributed by atoms with van der Waals surface area (Å²) in [5.41, 5.74) is 5.58. The molecule has 0 saturated carbocycles. The fraction of sp³-hybridized carbons (Fsp3) is 0.636. The standard InChI is InChI=1S/C11H17BrN4O/c1-17-10-9(12)6-14-11(15-10)16-5-3-8(7-16)2-4-13/h6,8H,2-5,7,13H2,1H3. The number of methoxy groups -OCH3 is 1. The van der Waals surface area contributed by atoms with Gasteiger partial charge in [-0.05, 0) is 41.2 Å². The predicted molar refractivity (Wildman–Crippen MR) is 70.3 cm³/mol. The second-order valence-corrected chi connectivity index (χ2v) is 5.06. The van der Waals surface area contributed by atoms with E-state index in [2.05, 4.69) is 30.8 Å². The Balaban J connectivity index is 2.08. The number of nitrogens with zero attached hydrogens (tertiary/aromatic N) is 3. The van der Waals surface area contributed by atoms with Crippen LogP contribution in [0, 0.1) is 5.92 Å². The summed E-state index contributed by atoms with van der Waals surface area (Å²) in [5, 5.41) is 0. The van der Waals surface area contributed by atoms with Gasteiger partial charge in [-0.1, -0.05) is 0 Å². The van der Waals surface area contributed by atoms with Crippen molar-refractivity contribution >= 4 is 21.9 Å². The number of aromatic nitrogens is 2. The van der Waals surface area contributed by atoms with E-state index in [1.807, 2.05) is 0 Å². The molecule has 1 aromatic rings. The van der Waals surface area contributed by atoms with Crippen LogP contribution in [-0.2, 0) is 0 Å². The van der Waals surface area contributed by atoms with Crippen molar-refractivity contribution in [2.24, 2.45) is 11.7 Å². The SMILES string of the molecule is COc1nc(N2CCC(CCN)C2)ncc1Br. The molecule has 0 spiro atoms. The summed E-state index contributed by atoms with van der Waals surface area (Å²) < 4.78 is 5.95. The monoisotopic (exact) mass is 300 g/mol. The first-order chi connectivity index (χ1) is 8.24. The summed E-state index contributed by atoms with van der Waals surface area (Å²) >= 11 is 3.35. The van der Waals surface area contributed by atoms with E-state index < -0.39 is 0 Å². The van der Waals surface area contributed by atoms with Crippen LogP contribution in [0.25, 0.3) is 0 Å². The summed E-state index contributed by atoms with van der Waals surface area (Å²) in [7, 11) is 1.61. The second-order valence-electron chi connectivity index (χ2n) is 4.21. The Morgan fingerprint density at radius 2 is 2.47 bits per heavy atom. The molecule has 0 aliphatic carbocycles. The van der Waals surface area contributed by atoms with Crippen molar-refractivity contribution in [3.63, 3.8) is 0 Å². The molecule has 17 heavy (non-hydrogen) atoms. The smallest absolute Gasteiger partial charge is 0.232 e. The first-order valence-corrected chi connectivity index (χ1v) is 6.55. The second kappa shape index (κ2) is 5.64. The molecule has 1 fully saturated rings. The number of anilines is 1. The molecule has 1 unspecified atom stereocenters. The number of ether oxygens (including phenoxy) is 1. The molecule has 5 nitrogen and oxygen atoms in total. The van der Waals surface area contributed by atoms with Gasteiger partial charge in [0.15, 0.2) is 0 Å². The van der Waals surface area contributed by atoms with Gasteiger partial charge in [-0.15, -0.1) is 0 Å². The number of nitrogens with two attached hydrogens (primary N) is 1. The van der Waals surface area contributed by atoms with Crippen molar-refractivity contribution in [3.05, 3.63) is 10.7 Å². The van der Waals surface area contributed by atoms with E-state index in [-0.39, 0.29) is 0 Å². The third-order valence-corrected chi connectivity index (χ3v) is 3.58. The molecule has 2 N–H and O–H groups in total. The highest BCUT2D eigenvalue weighted by atomic mass is 79.9. The molecule has 0 amide bonds. The van der Waals surface area contributed by atoms with Gasteiger partial charge in [0, 0.05) is 13.1 Å². The number of hydrogen-bond donors (Lipinski definition) is 1. The lowest BCUT2D eigenvalue weighted by Crippen LogP contribution is -2.22. The number of rotatable bonds is 4. The Bertz CT molecular complexity index is 388. The Morgan fingerprint density at radius 3 is 3.18 bits per heavy atom. The Kier molecular flexibility index (Phi) is 4.17. The summed E-state index contributed by atoms with van der Waals surface area (Å²) in [6, 6.07) is 0. The zero-order valence-corrected chi connectivity index (χ0v) is 11.5. The van der Waals surface area contributed by atoms with Gasteiger partial charge >= 0.3 is 0 Å². The average Bonchev–Trinajstić information content (AvgIpc) is 2.79. The molecule has 6 heteroatoms. The van der Waals surface area contributed by atoms with Crippen LogP contribution in [0.15, 0.2) is 10.7 Å². The maximum Gasteiger partial charge on any atom is 0.232 e. The van der Waals surface area contributed by atoms with Gasteiger partial charge < -0.3 is 15.4 Å². The average molecular weight is 301 g/mol. The minimum absolute atomic E-state index is 0.581. The summed E-state index contributed by atoms with van der Waals surface area (Å²) in [6.07, 6.45) is 3.97. The minimum Gasteiger partial charge on any atom is -0.480 e. The zero-order chi connectivity index (χ0) is 12.3. The fourth-order valence-electron chi connectivity index (χ4n) is 2.12. The van der Waals surface area contributed by atoms with E-state index >= 15 is 0 Å². The fourth-order valence-corrected chi connectivity index (χ4v) is 2.48. The van der Waals surface area contributed by atoms with Crippen LogP contribution in [0.1, 0.15) is 12.8 Å². The van der Waals surface area contributed by atoms with Crippen molar-refractivity contribution in [1.29, 1.82) is 0 Å². The van der Waals surface area contributed by atoms with Crippen LogP contribution in [0.4, 0.5) is 5.95 Å². The molecule has 94 valence electrons.